The highest BCUT2D eigenvalue weighted by Crippen LogP contribution is 2.17. The molecule has 2 aromatic carbocycles. The Kier molecular flexibility index (Phi) is 4.38. The summed E-state index contributed by atoms with van der Waals surface area (Å²) in [6.07, 6.45) is 3.31. The van der Waals surface area contributed by atoms with Crippen LogP contribution in [0.15, 0.2) is 59.8 Å². The second kappa shape index (κ2) is 6.78. The molecule has 0 fully saturated rings. The van der Waals surface area contributed by atoms with Crippen molar-refractivity contribution in [3.63, 3.8) is 0 Å². The van der Waals surface area contributed by atoms with Crippen molar-refractivity contribution in [3.05, 3.63) is 71.4 Å². The maximum atomic E-state index is 12.0. The summed E-state index contributed by atoms with van der Waals surface area (Å²) >= 11 is 0. The monoisotopic (exact) mass is 321 g/mol. The molecule has 6 nitrogen and oxygen atoms in total. The lowest BCUT2D eigenvalue weighted by Gasteiger charge is -2.01. The summed E-state index contributed by atoms with van der Waals surface area (Å²) in [4.78, 5) is 26.2. The summed E-state index contributed by atoms with van der Waals surface area (Å²) in [5.74, 6) is -1.31. The van der Waals surface area contributed by atoms with Crippen LogP contribution >= 0.6 is 0 Å². The number of aromatic amines is 1. The number of carboxylic acids is 1. The van der Waals surface area contributed by atoms with E-state index in [-0.39, 0.29) is 17.9 Å². The molecular weight excluding hydrogens is 306 g/mol. The predicted octanol–water partition coefficient (Wildman–Crippen LogP) is 2.56. The van der Waals surface area contributed by atoms with Gasteiger partial charge in [-0.2, -0.15) is 5.10 Å². The third kappa shape index (κ3) is 3.33. The Bertz CT molecular complexity index is 928. The third-order valence-corrected chi connectivity index (χ3v) is 3.61. The standard InChI is InChI=1S/C18H15N3O3/c22-17(9-13-10-19-16-8-4-3-6-14(13)16)21-20-11-12-5-1-2-7-15(12)18(23)24/h1-8,10-11,19H,9H2,(H,21,22)(H,23,24). The number of para-hydroxylation sites is 1. The highest BCUT2D eigenvalue weighted by atomic mass is 16.4. The fourth-order valence-corrected chi connectivity index (χ4v) is 2.47. The van der Waals surface area contributed by atoms with Crippen molar-refractivity contribution in [2.24, 2.45) is 5.10 Å². The number of aromatic nitrogens is 1. The molecule has 24 heavy (non-hydrogen) atoms. The molecule has 0 aliphatic carbocycles. The van der Waals surface area contributed by atoms with E-state index in [1.165, 1.54) is 12.3 Å². The summed E-state index contributed by atoms with van der Waals surface area (Å²) in [5.41, 5.74) is 4.83. The van der Waals surface area contributed by atoms with Crippen molar-refractivity contribution in [1.29, 1.82) is 0 Å². The van der Waals surface area contributed by atoms with Crippen molar-refractivity contribution in [1.82, 2.24) is 10.4 Å². The molecule has 3 rings (SSSR count). The van der Waals surface area contributed by atoms with Gasteiger partial charge in [0.05, 0.1) is 18.2 Å². The Balaban J connectivity index is 1.67. The van der Waals surface area contributed by atoms with E-state index in [0.717, 1.165) is 16.5 Å². The average molecular weight is 321 g/mol. The van der Waals surface area contributed by atoms with Gasteiger partial charge in [-0.3, -0.25) is 4.79 Å². The van der Waals surface area contributed by atoms with E-state index in [9.17, 15) is 9.59 Å². The summed E-state index contributed by atoms with van der Waals surface area (Å²) in [7, 11) is 0. The molecule has 3 N–H and O–H groups in total. The zero-order chi connectivity index (χ0) is 16.9. The Morgan fingerprint density at radius 1 is 1.12 bits per heavy atom. The molecule has 3 aromatic rings. The fourth-order valence-electron chi connectivity index (χ4n) is 2.47. The first-order valence-electron chi connectivity index (χ1n) is 7.34. The second-order valence-electron chi connectivity index (χ2n) is 5.22. The van der Waals surface area contributed by atoms with Crippen LogP contribution in [-0.4, -0.2) is 28.2 Å². The quantitative estimate of drug-likeness (QED) is 0.498. The summed E-state index contributed by atoms with van der Waals surface area (Å²) < 4.78 is 0. The molecule has 1 aromatic heterocycles. The SMILES string of the molecule is O=C(Cc1c[nH]c2ccccc12)NN=Cc1ccccc1C(=O)O. The molecule has 0 bridgehead atoms. The maximum absolute atomic E-state index is 12.0. The number of aromatic carboxylic acids is 1. The van der Waals surface area contributed by atoms with Gasteiger partial charge in [-0.1, -0.05) is 36.4 Å². The highest BCUT2D eigenvalue weighted by molar-refractivity contribution is 5.98. The van der Waals surface area contributed by atoms with E-state index >= 15 is 0 Å². The molecule has 0 radical (unpaired) electrons. The predicted molar refractivity (Wildman–Crippen MR) is 91.1 cm³/mol. The topological polar surface area (TPSA) is 94.5 Å². The van der Waals surface area contributed by atoms with E-state index in [4.69, 9.17) is 5.11 Å². The lowest BCUT2D eigenvalue weighted by atomic mass is 10.1. The van der Waals surface area contributed by atoms with Gasteiger partial charge in [0.15, 0.2) is 0 Å². The van der Waals surface area contributed by atoms with E-state index in [1.54, 1.807) is 24.4 Å². The molecule has 1 amide bonds. The minimum Gasteiger partial charge on any atom is -0.478 e. The number of hydrazone groups is 1. The first kappa shape index (κ1) is 15.5. The molecule has 6 heteroatoms. The molecule has 120 valence electrons. The van der Waals surface area contributed by atoms with Gasteiger partial charge in [0.1, 0.15) is 0 Å². The number of fused-ring (bicyclic) bond motifs is 1. The molecule has 0 aliphatic heterocycles. The van der Waals surface area contributed by atoms with Crippen LogP contribution < -0.4 is 5.43 Å². The van der Waals surface area contributed by atoms with Crippen molar-refractivity contribution in [2.75, 3.05) is 0 Å². The summed E-state index contributed by atoms with van der Waals surface area (Å²) in [6.45, 7) is 0. The number of H-pyrrole nitrogens is 1. The lowest BCUT2D eigenvalue weighted by molar-refractivity contribution is -0.120. The molecule has 0 saturated carbocycles. The lowest BCUT2D eigenvalue weighted by Crippen LogP contribution is -2.19. The number of hydrogen-bond donors (Lipinski definition) is 3. The van der Waals surface area contributed by atoms with Gasteiger partial charge in [0.2, 0.25) is 5.91 Å². The number of nitrogens with one attached hydrogen (secondary N) is 2. The maximum Gasteiger partial charge on any atom is 0.336 e. The minimum atomic E-state index is -1.04. The number of rotatable bonds is 5. The second-order valence-corrected chi connectivity index (χ2v) is 5.22. The first-order chi connectivity index (χ1) is 11.6. The average Bonchev–Trinajstić information content (AvgIpc) is 2.98. The number of carbonyl (C=O) groups excluding carboxylic acids is 1. The Morgan fingerprint density at radius 3 is 2.71 bits per heavy atom. The van der Waals surface area contributed by atoms with Crippen LogP contribution in [0.2, 0.25) is 0 Å². The van der Waals surface area contributed by atoms with Crippen molar-refractivity contribution < 1.29 is 14.7 Å². The van der Waals surface area contributed by atoms with E-state index in [2.05, 4.69) is 15.5 Å². The van der Waals surface area contributed by atoms with E-state index in [1.807, 2.05) is 24.3 Å². The molecule has 0 spiro atoms. The molecular formula is C18H15N3O3. The summed E-state index contributed by atoms with van der Waals surface area (Å²) in [6, 6.07) is 14.2. The summed E-state index contributed by atoms with van der Waals surface area (Å²) in [5, 5.41) is 13.9. The van der Waals surface area contributed by atoms with Crippen LogP contribution in [0, 0.1) is 0 Å². The van der Waals surface area contributed by atoms with Gasteiger partial charge >= 0.3 is 5.97 Å². The number of carboxylic acid groups (broad SMARTS) is 1. The Labute approximate surface area is 137 Å². The smallest absolute Gasteiger partial charge is 0.336 e. The zero-order valence-corrected chi connectivity index (χ0v) is 12.7. The molecule has 0 aliphatic rings. The van der Waals surface area contributed by atoms with Gasteiger partial charge in [-0.15, -0.1) is 0 Å². The van der Waals surface area contributed by atoms with Gasteiger partial charge < -0.3 is 10.1 Å². The van der Waals surface area contributed by atoms with Crippen molar-refractivity contribution in [3.8, 4) is 0 Å². The highest BCUT2D eigenvalue weighted by Gasteiger charge is 2.09. The molecule has 0 atom stereocenters. The fraction of sp³-hybridized carbons (Fsp3) is 0.0556. The van der Waals surface area contributed by atoms with Crippen LogP contribution in [0.5, 0.6) is 0 Å². The van der Waals surface area contributed by atoms with Crippen LogP contribution in [0.3, 0.4) is 0 Å². The van der Waals surface area contributed by atoms with Gasteiger partial charge in [0.25, 0.3) is 0 Å². The normalized spacial score (nSPS) is 11.0. The molecule has 0 unspecified atom stereocenters. The number of benzene rings is 2. The number of nitrogens with zero attached hydrogens (tertiary/aromatic N) is 1. The van der Waals surface area contributed by atoms with Crippen LogP contribution in [0.4, 0.5) is 0 Å². The number of amides is 1. The van der Waals surface area contributed by atoms with E-state index in [0.29, 0.717) is 5.56 Å². The van der Waals surface area contributed by atoms with E-state index < -0.39 is 5.97 Å². The largest absolute Gasteiger partial charge is 0.478 e. The molecule has 0 saturated heterocycles. The van der Waals surface area contributed by atoms with Gasteiger partial charge in [-0.05, 0) is 17.7 Å². The van der Waals surface area contributed by atoms with Crippen LogP contribution in [0.25, 0.3) is 10.9 Å². The van der Waals surface area contributed by atoms with Crippen molar-refractivity contribution >= 4 is 29.0 Å². The minimum absolute atomic E-state index is 0.132. The van der Waals surface area contributed by atoms with Gasteiger partial charge in [0, 0.05) is 22.7 Å². The number of carbonyl (C=O) groups is 2. The zero-order valence-electron chi connectivity index (χ0n) is 12.7. The molecule has 1 heterocycles. The van der Waals surface area contributed by atoms with Crippen molar-refractivity contribution in [2.45, 2.75) is 6.42 Å². The van der Waals surface area contributed by atoms with Crippen LogP contribution in [0.1, 0.15) is 21.5 Å². The Hall–Kier alpha value is -3.41. The van der Waals surface area contributed by atoms with Gasteiger partial charge in [-0.25, -0.2) is 10.2 Å². The van der Waals surface area contributed by atoms with Crippen LogP contribution in [-0.2, 0) is 11.2 Å². The third-order valence-electron chi connectivity index (χ3n) is 3.61. The Morgan fingerprint density at radius 2 is 1.88 bits per heavy atom. The first-order valence-corrected chi connectivity index (χ1v) is 7.34. The number of hydrogen-bond acceptors (Lipinski definition) is 3.